The Balaban J connectivity index is 2.59. The van der Waals surface area contributed by atoms with Crippen molar-refractivity contribution in [1.29, 1.82) is 0 Å². The van der Waals surface area contributed by atoms with Gasteiger partial charge in [-0.25, -0.2) is 4.39 Å². The van der Waals surface area contributed by atoms with Crippen LogP contribution in [0.3, 0.4) is 0 Å². The lowest BCUT2D eigenvalue weighted by molar-refractivity contribution is 0.615. The highest BCUT2D eigenvalue weighted by molar-refractivity contribution is 9.09. The highest BCUT2D eigenvalue weighted by Gasteiger charge is 1.99. The minimum Gasteiger partial charge on any atom is -0.207 e. The van der Waals surface area contributed by atoms with Crippen molar-refractivity contribution in [2.75, 3.05) is 5.33 Å². The van der Waals surface area contributed by atoms with Crippen LogP contribution in [-0.4, -0.2) is 5.33 Å². The molecule has 0 nitrogen and oxygen atoms in total. The van der Waals surface area contributed by atoms with Crippen molar-refractivity contribution in [2.45, 2.75) is 12.8 Å². The van der Waals surface area contributed by atoms with Crippen molar-refractivity contribution in [3.05, 3.63) is 46.8 Å². The van der Waals surface area contributed by atoms with Gasteiger partial charge in [0.25, 0.3) is 0 Å². The van der Waals surface area contributed by atoms with E-state index in [9.17, 15) is 4.39 Å². The van der Waals surface area contributed by atoms with Crippen LogP contribution < -0.4 is 0 Å². The summed E-state index contributed by atoms with van der Waals surface area (Å²) in [6.07, 6.45) is 5.58. The van der Waals surface area contributed by atoms with E-state index in [1.54, 1.807) is 12.1 Å². The Kier molecular flexibility index (Phi) is 5.20. The maximum Gasteiger partial charge on any atom is 0.128 e. The average Bonchev–Trinajstić information content (AvgIpc) is 2.15. The van der Waals surface area contributed by atoms with Gasteiger partial charge in [-0.1, -0.05) is 45.7 Å². The molecule has 0 unspecified atom stereocenters. The fraction of sp³-hybridized carbons (Fsp3) is 0.273. The van der Waals surface area contributed by atoms with Gasteiger partial charge in [-0.05, 0) is 30.5 Å². The van der Waals surface area contributed by atoms with Gasteiger partial charge in [0.1, 0.15) is 5.82 Å². The summed E-state index contributed by atoms with van der Waals surface area (Å²) < 4.78 is 13.2. The predicted molar refractivity (Wildman–Crippen MR) is 62.7 cm³/mol. The molecule has 3 heteroatoms. The van der Waals surface area contributed by atoms with E-state index in [1.165, 1.54) is 6.07 Å². The van der Waals surface area contributed by atoms with E-state index in [4.69, 9.17) is 11.6 Å². The highest BCUT2D eigenvalue weighted by Crippen LogP contribution is 2.15. The monoisotopic (exact) mass is 276 g/mol. The van der Waals surface area contributed by atoms with E-state index < -0.39 is 0 Å². The molecule has 1 rings (SSSR count). The van der Waals surface area contributed by atoms with E-state index in [0.29, 0.717) is 17.0 Å². The molecular weight excluding hydrogens is 266 g/mol. The van der Waals surface area contributed by atoms with Crippen molar-refractivity contribution in [3.8, 4) is 0 Å². The molecule has 14 heavy (non-hydrogen) atoms. The quantitative estimate of drug-likeness (QED) is 0.566. The van der Waals surface area contributed by atoms with Crippen LogP contribution in [0.5, 0.6) is 0 Å². The number of halogens is 3. The summed E-state index contributed by atoms with van der Waals surface area (Å²) >= 11 is 8.95. The fourth-order valence-corrected chi connectivity index (χ4v) is 1.50. The van der Waals surface area contributed by atoms with Gasteiger partial charge >= 0.3 is 0 Å². The molecule has 0 heterocycles. The molecule has 0 aliphatic rings. The van der Waals surface area contributed by atoms with Crippen LogP contribution >= 0.6 is 27.5 Å². The van der Waals surface area contributed by atoms with Crippen LogP contribution in [0.1, 0.15) is 12.0 Å². The van der Waals surface area contributed by atoms with Crippen molar-refractivity contribution in [1.82, 2.24) is 0 Å². The van der Waals surface area contributed by atoms with Crippen LogP contribution in [0, 0.1) is 5.82 Å². The summed E-state index contributed by atoms with van der Waals surface area (Å²) in [5.74, 6) is -0.235. The minimum atomic E-state index is -0.235. The second-order valence-electron chi connectivity index (χ2n) is 2.89. The van der Waals surface area contributed by atoms with E-state index in [0.717, 1.165) is 11.8 Å². The summed E-state index contributed by atoms with van der Waals surface area (Å²) in [6.45, 7) is 0. The second kappa shape index (κ2) is 6.20. The molecule has 0 aromatic heterocycles. The summed E-state index contributed by atoms with van der Waals surface area (Å²) in [4.78, 5) is 0. The average molecular weight is 278 g/mol. The Bertz CT molecular complexity index is 323. The summed E-state index contributed by atoms with van der Waals surface area (Å²) in [7, 11) is 0. The van der Waals surface area contributed by atoms with Crippen LogP contribution in [0.2, 0.25) is 5.02 Å². The van der Waals surface area contributed by atoms with Gasteiger partial charge < -0.3 is 0 Å². The van der Waals surface area contributed by atoms with Crippen LogP contribution in [-0.2, 0) is 6.42 Å². The zero-order valence-electron chi connectivity index (χ0n) is 7.64. The largest absolute Gasteiger partial charge is 0.207 e. The first kappa shape index (κ1) is 11.7. The van der Waals surface area contributed by atoms with E-state index in [-0.39, 0.29) is 5.82 Å². The Morgan fingerprint density at radius 3 is 2.79 bits per heavy atom. The minimum absolute atomic E-state index is 0.235. The third-order valence-corrected chi connectivity index (χ3v) is 2.49. The third kappa shape index (κ3) is 3.81. The summed E-state index contributed by atoms with van der Waals surface area (Å²) in [5, 5.41) is 1.38. The first-order chi connectivity index (χ1) is 6.74. The zero-order chi connectivity index (χ0) is 10.4. The van der Waals surface area contributed by atoms with Crippen LogP contribution in [0.25, 0.3) is 0 Å². The Morgan fingerprint density at radius 2 is 2.14 bits per heavy atom. The topological polar surface area (TPSA) is 0 Å². The molecule has 1 aromatic rings. The number of benzene rings is 1. The summed E-state index contributed by atoms with van der Waals surface area (Å²) in [5.41, 5.74) is 0.681. The Morgan fingerprint density at radius 1 is 1.36 bits per heavy atom. The van der Waals surface area contributed by atoms with Crippen LogP contribution in [0.4, 0.5) is 4.39 Å². The Hall–Kier alpha value is -0.340. The van der Waals surface area contributed by atoms with E-state index in [2.05, 4.69) is 15.9 Å². The van der Waals surface area contributed by atoms with Gasteiger partial charge in [-0.15, -0.1) is 0 Å². The van der Waals surface area contributed by atoms with Crippen molar-refractivity contribution in [2.24, 2.45) is 0 Å². The number of allylic oxidation sites excluding steroid dienone is 2. The molecule has 0 radical (unpaired) electrons. The molecule has 0 saturated heterocycles. The SMILES string of the molecule is Fc1cc(Cl)ccc1C/C=C/CCBr. The Labute approximate surface area is 96.9 Å². The van der Waals surface area contributed by atoms with Gasteiger partial charge in [0.15, 0.2) is 0 Å². The lowest BCUT2D eigenvalue weighted by atomic mass is 10.1. The lowest BCUT2D eigenvalue weighted by Gasteiger charge is -1.99. The second-order valence-corrected chi connectivity index (χ2v) is 4.12. The molecule has 0 aliphatic heterocycles. The molecule has 0 amide bonds. The first-order valence-corrected chi connectivity index (χ1v) is 5.89. The van der Waals surface area contributed by atoms with Crippen molar-refractivity contribution < 1.29 is 4.39 Å². The highest BCUT2D eigenvalue weighted by atomic mass is 79.9. The van der Waals surface area contributed by atoms with Gasteiger partial charge in [0, 0.05) is 10.4 Å². The maximum atomic E-state index is 13.2. The van der Waals surface area contributed by atoms with E-state index in [1.807, 2.05) is 12.2 Å². The normalized spacial score (nSPS) is 11.1. The molecule has 76 valence electrons. The van der Waals surface area contributed by atoms with Crippen LogP contribution in [0.15, 0.2) is 30.4 Å². The molecule has 0 saturated carbocycles. The standard InChI is InChI=1S/C11H11BrClF/c12-7-3-1-2-4-9-5-6-10(13)8-11(9)14/h1-2,5-6,8H,3-4,7H2/b2-1+. The number of hydrogen-bond donors (Lipinski definition) is 0. The van der Waals surface area contributed by atoms with Crippen molar-refractivity contribution in [3.63, 3.8) is 0 Å². The molecule has 0 fully saturated rings. The molecule has 0 atom stereocenters. The first-order valence-electron chi connectivity index (χ1n) is 4.39. The number of rotatable bonds is 4. The molecular formula is C11H11BrClF. The van der Waals surface area contributed by atoms with Gasteiger partial charge in [0.05, 0.1) is 0 Å². The lowest BCUT2D eigenvalue weighted by Crippen LogP contribution is -1.87. The fourth-order valence-electron chi connectivity index (χ4n) is 1.08. The summed E-state index contributed by atoms with van der Waals surface area (Å²) in [6, 6.07) is 4.77. The van der Waals surface area contributed by atoms with Crippen molar-refractivity contribution >= 4 is 27.5 Å². The number of hydrogen-bond acceptors (Lipinski definition) is 0. The predicted octanol–water partition coefficient (Wildman–Crippen LogP) is 4.36. The third-order valence-electron chi connectivity index (χ3n) is 1.80. The zero-order valence-corrected chi connectivity index (χ0v) is 9.98. The van der Waals surface area contributed by atoms with Gasteiger partial charge in [-0.2, -0.15) is 0 Å². The van der Waals surface area contributed by atoms with E-state index >= 15 is 0 Å². The smallest absolute Gasteiger partial charge is 0.128 e. The van der Waals surface area contributed by atoms with Gasteiger partial charge in [-0.3, -0.25) is 0 Å². The molecule has 0 spiro atoms. The maximum absolute atomic E-state index is 13.2. The molecule has 0 bridgehead atoms. The molecule has 0 N–H and O–H groups in total. The number of alkyl halides is 1. The molecule has 1 aromatic carbocycles. The molecule has 0 aliphatic carbocycles. The van der Waals surface area contributed by atoms with Gasteiger partial charge in [0.2, 0.25) is 0 Å².